The molecule has 1 aromatic rings. The van der Waals surface area contributed by atoms with E-state index in [9.17, 15) is 10.1 Å². The molecule has 0 radical (unpaired) electrons. The normalized spacial score (nSPS) is 24.5. The molecule has 0 N–H and O–H groups in total. The number of nitro benzene ring substituents is 1. The first-order chi connectivity index (χ1) is 8.91. The van der Waals surface area contributed by atoms with E-state index < -0.39 is 4.92 Å². The number of nitro groups is 1. The Morgan fingerprint density at radius 1 is 1.32 bits per heavy atom. The van der Waals surface area contributed by atoms with Crippen molar-refractivity contribution in [3.8, 4) is 0 Å². The molecule has 0 amide bonds. The van der Waals surface area contributed by atoms with Gasteiger partial charge in [-0.1, -0.05) is 17.7 Å². The Morgan fingerprint density at radius 3 is 2.42 bits per heavy atom. The van der Waals surface area contributed by atoms with Gasteiger partial charge in [-0.3, -0.25) is 15.0 Å². The van der Waals surface area contributed by atoms with E-state index in [4.69, 9.17) is 11.6 Å². The molecule has 1 heterocycles. The summed E-state index contributed by atoms with van der Waals surface area (Å²) in [5.41, 5.74) is 0.623. The lowest BCUT2D eigenvalue weighted by Gasteiger charge is -2.43. The maximum atomic E-state index is 11.2. The summed E-state index contributed by atoms with van der Waals surface area (Å²) in [4.78, 5) is 15.1. The Kier molecular flexibility index (Phi) is 3.96. The Balaban J connectivity index is 2.37. The quantitative estimate of drug-likeness (QED) is 0.619. The fourth-order valence-corrected chi connectivity index (χ4v) is 2.78. The van der Waals surface area contributed by atoms with Gasteiger partial charge in [0.15, 0.2) is 0 Å². The molecule has 2 rings (SSSR count). The van der Waals surface area contributed by atoms with Crippen molar-refractivity contribution in [2.24, 2.45) is 0 Å². The van der Waals surface area contributed by atoms with Crippen LogP contribution in [0.5, 0.6) is 0 Å². The van der Waals surface area contributed by atoms with Crippen LogP contribution in [0.15, 0.2) is 18.2 Å². The zero-order chi connectivity index (χ0) is 14.2. The van der Waals surface area contributed by atoms with E-state index in [0.717, 1.165) is 13.1 Å². The van der Waals surface area contributed by atoms with E-state index in [1.54, 1.807) is 18.2 Å². The van der Waals surface area contributed by atoms with Gasteiger partial charge in [-0.25, -0.2) is 0 Å². The van der Waals surface area contributed by atoms with Crippen LogP contribution in [-0.4, -0.2) is 42.0 Å². The predicted octanol–water partition coefficient (Wildman–Crippen LogP) is 2.78. The van der Waals surface area contributed by atoms with Crippen molar-refractivity contribution >= 4 is 23.0 Å². The summed E-state index contributed by atoms with van der Waals surface area (Å²) in [6.07, 6.45) is 0. The first-order valence-electron chi connectivity index (χ1n) is 6.31. The van der Waals surface area contributed by atoms with Crippen LogP contribution in [0.2, 0.25) is 5.02 Å². The van der Waals surface area contributed by atoms with Crippen LogP contribution in [0, 0.1) is 10.1 Å². The average molecular weight is 284 g/mol. The zero-order valence-electron chi connectivity index (χ0n) is 11.3. The molecule has 2 unspecified atom stereocenters. The molecule has 1 aromatic carbocycles. The van der Waals surface area contributed by atoms with Gasteiger partial charge in [0.05, 0.1) is 4.92 Å². The number of piperazine rings is 1. The first-order valence-corrected chi connectivity index (χ1v) is 6.69. The van der Waals surface area contributed by atoms with Gasteiger partial charge in [0.1, 0.15) is 10.7 Å². The Labute approximate surface area is 117 Å². The van der Waals surface area contributed by atoms with Gasteiger partial charge in [-0.2, -0.15) is 0 Å². The largest absolute Gasteiger partial charge is 0.363 e. The van der Waals surface area contributed by atoms with Gasteiger partial charge in [0, 0.05) is 25.2 Å². The lowest BCUT2D eigenvalue weighted by molar-refractivity contribution is -0.384. The summed E-state index contributed by atoms with van der Waals surface area (Å²) in [7, 11) is 2.08. The summed E-state index contributed by atoms with van der Waals surface area (Å²) in [6, 6.07) is 5.80. The number of hydrogen-bond acceptors (Lipinski definition) is 4. The molecule has 5 nitrogen and oxygen atoms in total. The number of anilines is 1. The first kappa shape index (κ1) is 14.1. The van der Waals surface area contributed by atoms with Crippen LogP contribution in [-0.2, 0) is 0 Å². The molecular weight excluding hydrogens is 266 g/mol. The van der Waals surface area contributed by atoms with Gasteiger partial charge in [0.25, 0.3) is 0 Å². The minimum atomic E-state index is -0.397. The molecule has 2 atom stereocenters. The third-order valence-corrected chi connectivity index (χ3v) is 4.15. The average Bonchev–Trinajstić information content (AvgIpc) is 2.34. The van der Waals surface area contributed by atoms with Crippen molar-refractivity contribution in [2.75, 3.05) is 25.0 Å². The summed E-state index contributed by atoms with van der Waals surface area (Å²) in [6.45, 7) is 5.78. The summed E-state index contributed by atoms with van der Waals surface area (Å²) in [5, 5.41) is 11.4. The molecule has 1 fully saturated rings. The highest BCUT2D eigenvalue weighted by Gasteiger charge is 2.31. The second kappa shape index (κ2) is 5.35. The fourth-order valence-electron chi connectivity index (χ4n) is 2.54. The molecule has 1 saturated heterocycles. The number of nitrogens with zero attached hydrogens (tertiary/aromatic N) is 3. The fraction of sp³-hybridized carbons (Fsp3) is 0.538. The minimum absolute atomic E-state index is 0.00752. The molecule has 19 heavy (non-hydrogen) atoms. The van der Waals surface area contributed by atoms with E-state index in [1.807, 2.05) is 0 Å². The highest BCUT2D eigenvalue weighted by Crippen LogP contribution is 2.36. The third kappa shape index (κ3) is 2.67. The van der Waals surface area contributed by atoms with E-state index in [1.165, 1.54) is 0 Å². The SMILES string of the molecule is CC1CN(c2cccc(Cl)c2[N+](=O)[O-])CC(C)N1C. The minimum Gasteiger partial charge on any atom is -0.363 e. The van der Waals surface area contributed by atoms with Crippen molar-refractivity contribution in [2.45, 2.75) is 25.9 Å². The number of para-hydroxylation sites is 1. The predicted molar refractivity (Wildman–Crippen MR) is 77.0 cm³/mol. The van der Waals surface area contributed by atoms with E-state index in [-0.39, 0.29) is 10.7 Å². The Bertz CT molecular complexity index is 483. The maximum Gasteiger partial charge on any atom is 0.310 e. The second-order valence-corrected chi connectivity index (χ2v) is 5.54. The third-order valence-electron chi connectivity index (χ3n) is 3.85. The van der Waals surface area contributed by atoms with Crippen LogP contribution in [0.1, 0.15) is 13.8 Å². The van der Waals surface area contributed by atoms with Crippen LogP contribution < -0.4 is 4.90 Å². The summed E-state index contributed by atoms with van der Waals surface area (Å²) in [5.74, 6) is 0. The molecule has 1 aliphatic heterocycles. The Hall–Kier alpha value is -1.33. The van der Waals surface area contributed by atoms with Crippen molar-refractivity contribution in [3.05, 3.63) is 33.3 Å². The van der Waals surface area contributed by atoms with Gasteiger partial charge < -0.3 is 4.90 Å². The summed E-state index contributed by atoms with van der Waals surface area (Å²) >= 11 is 5.97. The smallest absolute Gasteiger partial charge is 0.310 e. The highest BCUT2D eigenvalue weighted by molar-refractivity contribution is 6.33. The number of halogens is 1. The van der Waals surface area contributed by atoms with E-state index >= 15 is 0 Å². The van der Waals surface area contributed by atoms with Crippen molar-refractivity contribution in [1.29, 1.82) is 0 Å². The molecule has 0 aliphatic carbocycles. The van der Waals surface area contributed by atoms with Gasteiger partial charge in [-0.15, -0.1) is 0 Å². The van der Waals surface area contributed by atoms with Crippen molar-refractivity contribution in [1.82, 2.24) is 4.90 Å². The number of benzene rings is 1. The monoisotopic (exact) mass is 283 g/mol. The second-order valence-electron chi connectivity index (χ2n) is 5.13. The molecular formula is C13H18ClN3O2. The molecule has 0 bridgehead atoms. The molecule has 1 aliphatic rings. The van der Waals surface area contributed by atoms with Crippen LogP contribution >= 0.6 is 11.6 Å². The Morgan fingerprint density at radius 2 is 1.89 bits per heavy atom. The summed E-state index contributed by atoms with van der Waals surface area (Å²) < 4.78 is 0. The number of hydrogen-bond donors (Lipinski definition) is 0. The molecule has 0 aromatic heterocycles. The molecule has 0 spiro atoms. The molecule has 104 valence electrons. The zero-order valence-corrected chi connectivity index (χ0v) is 12.1. The molecule has 6 heteroatoms. The lowest BCUT2D eigenvalue weighted by Crippen LogP contribution is -2.55. The maximum absolute atomic E-state index is 11.2. The van der Waals surface area contributed by atoms with Gasteiger partial charge in [0.2, 0.25) is 0 Å². The van der Waals surface area contributed by atoms with E-state index in [2.05, 4.69) is 30.7 Å². The number of rotatable bonds is 2. The van der Waals surface area contributed by atoms with Gasteiger partial charge >= 0.3 is 5.69 Å². The van der Waals surface area contributed by atoms with E-state index in [0.29, 0.717) is 17.8 Å². The molecule has 0 saturated carbocycles. The van der Waals surface area contributed by atoms with Crippen LogP contribution in [0.3, 0.4) is 0 Å². The number of likely N-dealkylation sites (N-methyl/N-ethyl adjacent to an activating group) is 1. The topological polar surface area (TPSA) is 49.6 Å². The van der Waals surface area contributed by atoms with Crippen LogP contribution in [0.4, 0.5) is 11.4 Å². The van der Waals surface area contributed by atoms with Gasteiger partial charge in [-0.05, 0) is 33.0 Å². The standard InChI is InChI=1S/C13H18ClN3O2/c1-9-7-16(8-10(2)15(9)3)12-6-4-5-11(14)13(12)17(18)19/h4-6,9-10H,7-8H2,1-3H3. The lowest BCUT2D eigenvalue weighted by atomic mass is 10.1. The van der Waals surface area contributed by atoms with Crippen molar-refractivity contribution in [3.63, 3.8) is 0 Å². The van der Waals surface area contributed by atoms with Crippen LogP contribution in [0.25, 0.3) is 0 Å². The highest BCUT2D eigenvalue weighted by atomic mass is 35.5. The van der Waals surface area contributed by atoms with Crippen molar-refractivity contribution < 1.29 is 4.92 Å².